The predicted octanol–water partition coefficient (Wildman–Crippen LogP) is 3.87. The van der Waals surface area contributed by atoms with Crippen LogP contribution in [0.25, 0.3) is 17.3 Å². The lowest BCUT2D eigenvalue weighted by Crippen LogP contribution is -2.49. The average molecular weight is 474 g/mol. The molecule has 1 aromatic carbocycles. The number of carbonyl (C=O) groups is 1. The number of amides is 1. The van der Waals surface area contributed by atoms with E-state index in [1.807, 2.05) is 47.3 Å². The molecule has 0 radical (unpaired) electrons. The van der Waals surface area contributed by atoms with Crippen LogP contribution in [0.1, 0.15) is 31.4 Å². The van der Waals surface area contributed by atoms with Crippen molar-refractivity contribution < 1.29 is 9.53 Å². The molecule has 1 unspecified atom stereocenters. The lowest BCUT2D eigenvalue weighted by atomic mass is 10.0. The van der Waals surface area contributed by atoms with Gasteiger partial charge in [-0.2, -0.15) is 5.10 Å². The lowest BCUT2D eigenvalue weighted by molar-refractivity contribution is -0.116. The van der Waals surface area contributed by atoms with Crippen LogP contribution in [0.5, 0.6) is 0 Å². The van der Waals surface area contributed by atoms with Gasteiger partial charge in [0.05, 0.1) is 19.8 Å². The minimum atomic E-state index is -0.0973. The molecular formula is C28H35N5O2. The van der Waals surface area contributed by atoms with Gasteiger partial charge in [-0.15, -0.1) is 0 Å². The van der Waals surface area contributed by atoms with Gasteiger partial charge in [-0.3, -0.25) is 19.4 Å². The monoisotopic (exact) mass is 473 g/mol. The number of rotatable bonds is 10. The van der Waals surface area contributed by atoms with Gasteiger partial charge in [-0.25, -0.2) is 0 Å². The highest BCUT2D eigenvalue weighted by molar-refractivity contribution is 5.92. The van der Waals surface area contributed by atoms with Crippen LogP contribution in [0.2, 0.25) is 0 Å². The first-order valence-electron chi connectivity index (χ1n) is 12.4. The van der Waals surface area contributed by atoms with Gasteiger partial charge in [-0.1, -0.05) is 44.2 Å². The molecule has 7 heteroatoms. The standard InChI is InChI=1S/C28H35N5O2/c1-22(2)17-26(32-13-15-35-16-14-32)19-30-27(34)11-10-25-21-33(20-23-7-4-3-5-8-23)31-28(25)24-9-6-12-29-18-24/h3-12,18,21-22,26H,13-17,19-20H2,1-2H3,(H,30,34)/b11-10+. The van der Waals surface area contributed by atoms with Crippen LogP contribution in [0, 0.1) is 5.92 Å². The second kappa shape index (κ2) is 12.4. The Morgan fingerprint density at radius 1 is 1.14 bits per heavy atom. The third kappa shape index (κ3) is 7.34. The first-order valence-corrected chi connectivity index (χ1v) is 12.4. The second-order valence-electron chi connectivity index (χ2n) is 9.37. The first kappa shape index (κ1) is 24.8. The maximum atomic E-state index is 12.8. The van der Waals surface area contributed by atoms with Crippen LogP contribution in [0.4, 0.5) is 0 Å². The number of morpholine rings is 1. The number of aromatic nitrogens is 3. The van der Waals surface area contributed by atoms with Gasteiger partial charge in [0.15, 0.2) is 0 Å². The van der Waals surface area contributed by atoms with E-state index in [2.05, 4.69) is 41.2 Å². The van der Waals surface area contributed by atoms with Gasteiger partial charge >= 0.3 is 0 Å². The fourth-order valence-corrected chi connectivity index (χ4v) is 4.43. The summed E-state index contributed by atoms with van der Waals surface area (Å²) in [4.78, 5) is 19.4. The Labute approximate surface area is 207 Å². The van der Waals surface area contributed by atoms with Gasteiger partial charge in [0, 0.05) is 61.5 Å². The normalized spacial score (nSPS) is 15.5. The third-order valence-electron chi connectivity index (χ3n) is 6.14. The van der Waals surface area contributed by atoms with Crippen LogP contribution in [-0.4, -0.2) is 64.5 Å². The number of hydrogen-bond donors (Lipinski definition) is 1. The summed E-state index contributed by atoms with van der Waals surface area (Å²) in [5.41, 5.74) is 3.78. The number of pyridine rings is 1. The Morgan fingerprint density at radius 2 is 1.94 bits per heavy atom. The fraction of sp³-hybridized carbons (Fsp3) is 0.393. The summed E-state index contributed by atoms with van der Waals surface area (Å²) in [5.74, 6) is 0.466. The minimum absolute atomic E-state index is 0.0973. The van der Waals surface area contributed by atoms with Crippen LogP contribution < -0.4 is 5.32 Å². The molecular weight excluding hydrogens is 438 g/mol. The maximum Gasteiger partial charge on any atom is 0.244 e. The molecule has 1 saturated heterocycles. The SMILES string of the molecule is CC(C)CC(CNC(=O)/C=C/c1cn(Cc2ccccc2)nc1-c1cccnc1)N1CCOCC1. The number of ether oxygens (including phenoxy) is 1. The highest BCUT2D eigenvalue weighted by atomic mass is 16.5. The van der Waals surface area contributed by atoms with Crippen LogP contribution >= 0.6 is 0 Å². The van der Waals surface area contributed by atoms with E-state index in [-0.39, 0.29) is 5.91 Å². The second-order valence-corrected chi connectivity index (χ2v) is 9.37. The highest BCUT2D eigenvalue weighted by Crippen LogP contribution is 2.23. The number of nitrogens with one attached hydrogen (secondary N) is 1. The van der Waals surface area contributed by atoms with Crippen molar-refractivity contribution in [3.8, 4) is 11.3 Å². The van der Waals surface area contributed by atoms with Gasteiger partial charge in [0.25, 0.3) is 0 Å². The van der Waals surface area contributed by atoms with E-state index in [9.17, 15) is 4.79 Å². The zero-order valence-electron chi connectivity index (χ0n) is 20.6. The van der Waals surface area contributed by atoms with E-state index < -0.39 is 0 Å². The molecule has 3 aromatic rings. The highest BCUT2D eigenvalue weighted by Gasteiger charge is 2.22. The molecule has 1 amide bonds. The quantitative estimate of drug-likeness (QED) is 0.453. The van der Waals surface area contributed by atoms with Crippen LogP contribution in [0.15, 0.2) is 67.1 Å². The van der Waals surface area contributed by atoms with Gasteiger partial charge in [0.1, 0.15) is 5.69 Å². The Hall–Kier alpha value is -3.29. The molecule has 1 N–H and O–H groups in total. The lowest BCUT2D eigenvalue weighted by Gasteiger charge is -2.35. The van der Waals surface area contributed by atoms with Crippen molar-refractivity contribution >= 4 is 12.0 Å². The Morgan fingerprint density at radius 3 is 2.66 bits per heavy atom. The summed E-state index contributed by atoms with van der Waals surface area (Å²) < 4.78 is 7.41. The number of hydrogen-bond acceptors (Lipinski definition) is 5. The molecule has 0 saturated carbocycles. The molecule has 0 bridgehead atoms. The van der Waals surface area contributed by atoms with E-state index in [1.165, 1.54) is 5.56 Å². The fourth-order valence-electron chi connectivity index (χ4n) is 4.43. The third-order valence-corrected chi connectivity index (χ3v) is 6.14. The zero-order chi connectivity index (χ0) is 24.5. The Bertz CT molecular complexity index is 1090. The molecule has 7 nitrogen and oxygen atoms in total. The summed E-state index contributed by atoms with van der Waals surface area (Å²) >= 11 is 0. The smallest absolute Gasteiger partial charge is 0.244 e. The van der Waals surface area contributed by atoms with E-state index in [1.54, 1.807) is 18.5 Å². The van der Waals surface area contributed by atoms with E-state index in [0.29, 0.717) is 25.0 Å². The van der Waals surface area contributed by atoms with Gasteiger partial charge < -0.3 is 10.1 Å². The molecule has 0 spiro atoms. The van der Waals surface area contributed by atoms with Crippen molar-refractivity contribution in [2.24, 2.45) is 5.92 Å². The van der Waals surface area contributed by atoms with E-state index in [0.717, 1.165) is 49.5 Å². The zero-order valence-corrected chi connectivity index (χ0v) is 20.6. The molecule has 35 heavy (non-hydrogen) atoms. The molecule has 1 fully saturated rings. The molecule has 2 aromatic heterocycles. The predicted molar refractivity (Wildman–Crippen MR) is 139 cm³/mol. The Balaban J connectivity index is 1.45. The van der Waals surface area contributed by atoms with Gasteiger partial charge in [0.2, 0.25) is 5.91 Å². The maximum absolute atomic E-state index is 12.8. The summed E-state index contributed by atoms with van der Waals surface area (Å²) in [6, 6.07) is 14.4. The van der Waals surface area contributed by atoms with Crippen molar-refractivity contribution in [1.29, 1.82) is 0 Å². The molecule has 3 heterocycles. The van der Waals surface area contributed by atoms with Gasteiger partial charge in [-0.05, 0) is 36.1 Å². The minimum Gasteiger partial charge on any atom is -0.379 e. The van der Waals surface area contributed by atoms with E-state index >= 15 is 0 Å². The van der Waals surface area contributed by atoms with Crippen molar-refractivity contribution in [3.63, 3.8) is 0 Å². The molecule has 1 aliphatic heterocycles. The summed E-state index contributed by atoms with van der Waals surface area (Å²) in [6.45, 7) is 9.08. The largest absolute Gasteiger partial charge is 0.379 e. The van der Waals surface area contributed by atoms with Crippen molar-refractivity contribution in [1.82, 2.24) is 25.0 Å². The van der Waals surface area contributed by atoms with Crippen molar-refractivity contribution in [2.75, 3.05) is 32.8 Å². The molecule has 4 rings (SSSR count). The molecule has 1 aliphatic rings. The Kier molecular flexibility index (Phi) is 8.81. The number of benzene rings is 1. The van der Waals surface area contributed by atoms with Crippen LogP contribution in [-0.2, 0) is 16.1 Å². The summed E-state index contributed by atoms with van der Waals surface area (Å²) in [5, 5.41) is 7.91. The molecule has 1 atom stereocenters. The summed E-state index contributed by atoms with van der Waals surface area (Å²) in [6.07, 6.45) is 10.0. The summed E-state index contributed by atoms with van der Waals surface area (Å²) in [7, 11) is 0. The van der Waals surface area contributed by atoms with E-state index in [4.69, 9.17) is 9.84 Å². The number of carbonyl (C=O) groups excluding carboxylic acids is 1. The molecule has 184 valence electrons. The van der Waals surface area contributed by atoms with Crippen molar-refractivity contribution in [3.05, 3.63) is 78.3 Å². The van der Waals surface area contributed by atoms with Crippen molar-refractivity contribution in [2.45, 2.75) is 32.9 Å². The first-order chi connectivity index (χ1) is 17.1. The average Bonchev–Trinajstić information content (AvgIpc) is 3.29. The number of nitrogens with zero attached hydrogens (tertiary/aromatic N) is 4. The van der Waals surface area contributed by atoms with Crippen LogP contribution in [0.3, 0.4) is 0 Å². The topological polar surface area (TPSA) is 72.3 Å². The molecule has 0 aliphatic carbocycles.